The van der Waals surface area contributed by atoms with Crippen LogP contribution in [-0.2, 0) is 11.8 Å². The number of carbonyl (C=O) groups is 2. The number of aryl methyl sites for hydroxylation is 2. The molecule has 9 nitrogen and oxygen atoms in total. The third-order valence-electron chi connectivity index (χ3n) is 5.29. The van der Waals surface area contributed by atoms with Crippen LogP contribution in [0.2, 0.25) is 5.02 Å². The van der Waals surface area contributed by atoms with Crippen molar-refractivity contribution in [2.24, 2.45) is 13.0 Å². The maximum absolute atomic E-state index is 13.1. The Morgan fingerprint density at radius 3 is 2.63 bits per heavy atom. The monoisotopic (exact) mass is 429 g/mol. The first-order valence-corrected chi connectivity index (χ1v) is 9.89. The highest BCUT2D eigenvalue weighted by Gasteiger charge is 2.31. The molecule has 1 aliphatic heterocycles. The van der Waals surface area contributed by atoms with E-state index in [2.05, 4.69) is 15.3 Å². The van der Waals surface area contributed by atoms with Crippen LogP contribution in [0.25, 0.3) is 11.1 Å². The molecule has 30 heavy (non-hydrogen) atoms. The smallest absolute Gasteiger partial charge is 0.265 e. The van der Waals surface area contributed by atoms with Crippen LogP contribution in [0.5, 0.6) is 0 Å². The average molecular weight is 430 g/mol. The summed E-state index contributed by atoms with van der Waals surface area (Å²) in [5, 5.41) is 3.46. The molecule has 4 rings (SSSR count). The highest BCUT2D eigenvalue weighted by Crippen LogP contribution is 2.26. The Morgan fingerprint density at radius 2 is 1.97 bits per heavy atom. The lowest BCUT2D eigenvalue weighted by molar-refractivity contribution is -0.121. The van der Waals surface area contributed by atoms with E-state index in [1.807, 2.05) is 0 Å². The van der Waals surface area contributed by atoms with Gasteiger partial charge in [-0.05, 0) is 31.9 Å². The van der Waals surface area contributed by atoms with Crippen molar-refractivity contribution in [1.82, 2.24) is 19.4 Å². The molecule has 0 aliphatic carbocycles. The van der Waals surface area contributed by atoms with Crippen LogP contribution >= 0.6 is 11.6 Å². The zero-order chi connectivity index (χ0) is 21.4. The number of nitrogens with one attached hydrogen (secondary N) is 1. The minimum Gasteiger partial charge on any atom is -0.442 e. The number of halogens is 1. The first-order valence-electron chi connectivity index (χ1n) is 9.51. The summed E-state index contributed by atoms with van der Waals surface area (Å²) in [6.45, 7) is 2.45. The van der Waals surface area contributed by atoms with Gasteiger partial charge in [-0.2, -0.15) is 0 Å². The fourth-order valence-corrected chi connectivity index (χ4v) is 3.74. The highest BCUT2D eigenvalue weighted by molar-refractivity contribution is 6.30. The van der Waals surface area contributed by atoms with E-state index < -0.39 is 0 Å². The van der Waals surface area contributed by atoms with E-state index in [9.17, 15) is 14.4 Å². The Kier molecular flexibility index (Phi) is 5.29. The molecule has 3 aromatic heterocycles. The number of hydrogen-bond acceptors (Lipinski definition) is 6. The molecule has 10 heteroatoms. The van der Waals surface area contributed by atoms with E-state index in [1.165, 1.54) is 17.1 Å². The van der Waals surface area contributed by atoms with Crippen LogP contribution in [0.1, 0.15) is 29.0 Å². The van der Waals surface area contributed by atoms with Gasteiger partial charge in [-0.15, -0.1) is 0 Å². The number of aromatic nitrogens is 3. The van der Waals surface area contributed by atoms with Crippen LogP contribution in [0.15, 0.2) is 33.9 Å². The van der Waals surface area contributed by atoms with Crippen LogP contribution in [0.3, 0.4) is 0 Å². The minimum atomic E-state index is -0.329. The Labute approximate surface area is 176 Å². The van der Waals surface area contributed by atoms with E-state index >= 15 is 0 Å². The molecule has 1 saturated heterocycles. The van der Waals surface area contributed by atoms with Gasteiger partial charge in [0.2, 0.25) is 11.6 Å². The van der Waals surface area contributed by atoms with Crippen molar-refractivity contribution in [2.75, 3.05) is 18.4 Å². The first-order chi connectivity index (χ1) is 14.3. The molecule has 0 bridgehead atoms. The van der Waals surface area contributed by atoms with Gasteiger partial charge in [-0.1, -0.05) is 11.6 Å². The number of hydrogen-bond donors (Lipinski definition) is 1. The number of carbonyl (C=O) groups excluding carboxylic acids is 2. The van der Waals surface area contributed by atoms with Crippen LogP contribution < -0.4 is 10.9 Å². The fourth-order valence-electron chi connectivity index (χ4n) is 3.63. The lowest BCUT2D eigenvalue weighted by atomic mass is 9.95. The molecule has 1 fully saturated rings. The molecule has 0 spiro atoms. The molecule has 0 atom stereocenters. The van der Waals surface area contributed by atoms with Crippen molar-refractivity contribution in [2.45, 2.75) is 19.8 Å². The summed E-state index contributed by atoms with van der Waals surface area (Å²) in [5.74, 6) is 0.143. The van der Waals surface area contributed by atoms with Crippen molar-refractivity contribution in [3.63, 3.8) is 0 Å². The number of pyridine rings is 1. The molecule has 1 N–H and O–H groups in total. The summed E-state index contributed by atoms with van der Waals surface area (Å²) in [4.78, 5) is 48.0. The van der Waals surface area contributed by atoms with E-state index in [1.54, 1.807) is 31.0 Å². The summed E-state index contributed by atoms with van der Waals surface area (Å²) in [5.41, 5.74) is 0.0700. The van der Waals surface area contributed by atoms with E-state index in [4.69, 9.17) is 16.0 Å². The normalized spacial score (nSPS) is 14.8. The molecule has 0 radical (unpaired) electrons. The van der Waals surface area contributed by atoms with Gasteiger partial charge < -0.3 is 19.2 Å². The molecule has 0 aromatic carbocycles. The van der Waals surface area contributed by atoms with Gasteiger partial charge in [0.05, 0.1) is 10.6 Å². The van der Waals surface area contributed by atoms with Crippen molar-refractivity contribution < 1.29 is 14.0 Å². The molecule has 4 heterocycles. The SMILES string of the molecule is Cc1oc2ncn(C)c(=O)c2c1C(=O)N1CCC(C(=O)Nc2ccc(Cl)cn2)CC1. The summed E-state index contributed by atoms with van der Waals surface area (Å²) in [6.07, 6.45) is 3.85. The maximum atomic E-state index is 13.1. The Balaban J connectivity index is 1.46. The summed E-state index contributed by atoms with van der Waals surface area (Å²) < 4.78 is 6.84. The number of rotatable bonds is 3. The van der Waals surface area contributed by atoms with Crippen LogP contribution in [0, 0.1) is 12.8 Å². The van der Waals surface area contributed by atoms with Gasteiger partial charge in [0.15, 0.2) is 0 Å². The van der Waals surface area contributed by atoms with E-state index in [0.29, 0.717) is 42.5 Å². The Hall–Kier alpha value is -3.20. The summed E-state index contributed by atoms with van der Waals surface area (Å²) in [7, 11) is 1.57. The number of nitrogens with zero attached hydrogens (tertiary/aromatic N) is 4. The van der Waals surface area contributed by atoms with Crippen molar-refractivity contribution >= 4 is 40.3 Å². The molecule has 3 aromatic rings. The quantitative estimate of drug-likeness (QED) is 0.684. The predicted octanol–water partition coefficient (Wildman–Crippen LogP) is 2.37. The van der Waals surface area contributed by atoms with Crippen molar-refractivity contribution in [3.8, 4) is 0 Å². The molecule has 0 saturated carbocycles. The number of amides is 2. The first kappa shape index (κ1) is 20.1. The lowest BCUT2D eigenvalue weighted by Gasteiger charge is -2.31. The maximum Gasteiger partial charge on any atom is 0.265 e. The van der Waals surface area contributed by atoms with Crippen LogP contribution in [0.4, 0.5) is 5.82 Å². The van der Waals surface area contributed by atoms with Crippen molar-refractivity contribution in [3.05, 3.63) is 51.4 Å². The number of piperidine rings is 1. The Morgan fingerprint density at radius 1 is 1.23 bits per heavy atom. The van der Waals surface area contributed by atoms with Gasteiger partial charge in [0.1, 0.15) is 23.3 Å². The minimum absolute atomic E-state index is 0.139. The average Bonchev–Trinajstić information content (AvgIpc) is 3.08. The zero-order valence-corrected chi connectivity index (χ0v) is 17.3. The molecule has 156 valence electrons. The van der Waals surface area contributed by atoms with Crippen molar-refractivity contribution in [1.29, 1.82) is 0 Å². The lowest BCUT2D eigenvalue weighted by Crippen LogP contribution is -2.42. The molecular formula is C20H20ClN5O4. The third kappa shape index (κ3) is 3.68. The van der Waals surface area contributed by atoms with Gasteiger partial charge in [-0.3, -0.25) is 14.4 Å². The number of likely N-dealkylation sites (tertiary alicyclic amines) is 1. The number of fused-ring (bicyclic) bond motifs is 1. The highest BCUT2D eigenvalue weighted by atomic mass is 35.5. The molecule has 2 amide bonds. The summed E-state index contributed by atoms with van der Waals surface area (Å²) in [6, 6.07) is 3.29. The second-order valence-corrected chi connectivity index (χ2v) is 7.73. The third-order valence-corrected chi connectivity index (χ3v) is 5.52. The number of anilines is 1. The van der Waals surface area contributed by atoms with Gasteiger partial charge in [0.25, 0.3) is 11.5 Å². The predicted molar refractivity (Wildman–Crippen MR) is 110 cm³/mol. The second-order valence-electron chi connectivity index (χ2n) is 7.29. The van der Waals surface area contributed by atoms with Gasteiger partial charge in [0, 0.05) is 32.3 Å². The standard InChI is InChI=1S/C20H20ClN5O4/c1-11-15(16-18(30-11)23-10-25(2)19(16)28)20(29)26-7-5-12(6-8-26)17(27)24-14-4-3-13(21)9-22-14/h3-4,9-10,12H,5-8H2,1-2H3,(H,22,24,27). The molecular weight excluding hydrogens is 410 g/mol. The molecule has 1 aliphatic rings. The summed E-state index contributed by atoms with van der Waals surface area (Å²) >= 11 is 5.81. The second kappa shape index (κ2) is 7.91. The Bertz CT molecular complexity index is 1180. The van der Waals surface area contributed by atoms with Gasteiger partial charge >= 0.3 is 0 Å². The van der Waals surface area contributed by atoms with Gasteiger partial charge in [-0.25, -0.2) is 9.97 Å². The fraction of sp³-hybridized carbons (Fsp3) is 0.350. The van der Waals surface area contributed by atoms with E-state index in [-0.39, 0.29) is 40.0 Å². The molecule has 0 unspecified atom stereocenters. The topological polar surface area (TPSA) is 110 Å². The van der Waals surface area contributed by atoms with E-state index in [0.717, 1.165) is 0 Å². The number of furan rings is 1. The zero-order valence-electron chi connectivity index (χ0n) is 16.5. The largest absolute Gasteiger partial charge is 0.442 e. The van der Waals surface area contributed by atoms with Crippen LogP contribution in [-0.4, -0.2) is 44.3 Å².